The first-order chi connectivity index (χ1) is 9.85. The SMILES string of the molecule is Cc1n[nH]c(C)c1S(=O)(=O)N1CCCCCCC1C(=O)O. The molecule has 1 aliphatic rings. The third-order valence-corrected chi connectivity index (χ3v) is 6.04. The number of sulfonamides is 1. The van der Waals surface area contributed by atoms with Gasteiger partial charge in [0.2, 0.25) is 10.0 Å². The molecule has 0 aliphatic carbocycles. The lowest BCUT2D eigenvalue weighted by atomic mass is 10.0. The third kappa shape index (κ3) is 3.11. The van der Waals surface area contributed by atoms with Gasteiger partial charge in [-0.3, -0.25) is 9.89 Å². The Bertz CT molecular complexity index is 604. The Kier molecular flexibility index (Phi) is 4.67. The number of aliphatic carboxylic acids is 1. The summed E-state index contributed by atoms with van der Waals surface area (Å²) in [5, 5.41) is 16.0. The van der Waals surface area contributed by atoms with E-state index in [9.17, 15) is 18.3 Å². The van der Waals surface area contributed by atoms with Gasteiger partial charge in [0.1, 0.15) is 10.9 Å². The number of aromatic amines is 1. The Balaban J connectivity index is 2.45. The van der Waals surface area contributed by atoms with Crippen molar-refractivity contribution in [1.29, 1.82) is 0 Å². The number of aryl methyl sites for hydroxylation is 2. The Morgan fingerprint density at radius 2 is 1.95 bits per heavy atom. The van der Waals surface area contributed by atoms with E-state index in [4.69, 9.17) is 0 Å². The largest absolute Gasteiger partial charge is 0.480 e. The van der Waals surface area contributed by atoms with Gasteiger partial charge in [-0.1, -0.05) is 19.3 Å². The van der Waals surface area contributed by atoms with Crippen LogP contribution >= 0.6 is 0 Å². The Morgan fingerprint density at radius 3 is 2.52 bits per heavy atom. The molecule has 0 bridgehead atoms. The number of H-pyrrole nitrogens is 1. The molecule has 0 saturated carbocycles. The molecule has 1 aliphatic heterocycles. The molecule has 118 valence electrons. The van der Waals surface area contributed by atoms with E-state index in [1.165, 1.54) is 0 Å². The second kappa shape index (κ2) is 6.15. The number of carbonyl (C=O) groups is 1. The molecule has 0 amide bonds. The van der Waals surface area contributed by atoms with Crippen LogP contribution in [0.4, 0.5) is 0 Å². The Morgan fingerprint density at radius 1 is 1.29 bits per heavy atom. The lowest BCUT2D eigenvalue weighted by Gasteiger charge is -2.29. The molecule has 2 heterocycles. The van der Waals surface area contributed by atoms with Gasteiger partial charge in [0, 0.05) is 6.54 Å². The molecule has 2 rings (SSSR count). The van der Waals surface area contributed by atoms with Gasteiger partial charge in [0.05, 0.1) is 11.4 Å². The first kappa shape index (κ1) is 16.0. The molecule has 21 heavy (non-hydrogen) atoms. The molecule has 0 radical (unpaired) electrons. The van der Waals surface area contributed by atoms with E-state index in [0.29, 0.717) is 24.2 Å². The van der Waals surface area contributed by atoms with Crippen LogP contribution in [0.3, 0.4) is 0 Å². The molecule has 1 unspecified atom stereocenters. The average molecular weight is 315 g/mol. The zero-order valence-electron chi connectivity index (χ0n) is 12.3. The van der Waals surface area contributed by atoms with Crippen molar-refractivity contribution in [3.8, 4) is 0 Å². The predicted octanol–water partition coefficient (Wildman–Crippen LogP) is 1.43. The zero-order valence-corrected chi connectivity index (χ0v) is 13.1. The van der Waals surface area contributed by atoms with Crippen LogP contribution in [0.2, 0.25) is 0 Å². The van der Waals surface area contributed by atoms with Gasteiger partial charge in [-0.15, -0.1) is 0 Å². The topological polar surface area (TPSA) is 103 Å². The van der Waals surface area contributed by atoms with E-state index < -0.39 is 22.0 Å². The maximum Gasteiger partial charge on any atom is 0.322 e. The van der Waals surface area contributed by atoms with Gasteiger partial charge in [-0.05, 0) is 26.7 Å². The number of nitrogens with zero attached hydrogens (tertiary/aromatic N) is 2. The summed E-state index contributed by atoms with van der Waals surface area (Å²) in [6, 6.07) is -0.996. The van der Waals surface area contributed by atoms with Crippen molar-refractivity contribution in [3.05, 3.63) is 11.4 Å². The van der Waals surface area contributed by atoms with Gasteiger partial charge in [-0.2, -0.15) is 9.40 Å². The monoisotopic (exact) mass is 315 g/mol. The van der Waals surface area contributed by atoms with E-state index in [2.05, 4.69) is 10.2 Å². The van der Waals surface area contributed by atoms with E-state index in [-0.39, 0.29) is 11.4 Å². The summed E-state index contributed by atoms with van der Waals surface area (Å²) in [6.45, 7) is 3.48. The first-order valence-electron chi connectivity index (χ1n) is 7.12. The van der Waals surface area contributed by atoms with Crippen molar-refractivity contribution in [2.24, 2.45) is 0 Å². The Labute approximate surface area is 124 Å². The van der Waals surface area contributed by atoms with Crippen LogP contribution in [0.15, 0.2) is 4.90 Å². The average Bonchev–Trinajstić information content (AvgIpc) is 2.68. The van der Waals surface area contributed by atoms with Gasteiger partial charge in [-0.25, -0.2) is 8.42 Å². The number of rotatable bonds is 3. The molecule has 1 saturated heterocycles. The number of hydrogen-bond acceptors (Lipinski definition) is 4. The van der Waals surface area contributed by atoms with Gasteiger partial charge in [0.25, 0.3) is 0 Å². The summed E-state index contributed by atoms with van der Waals surface area (Å²) < 4.78 is 26.9. The maximum atomic E-state index is 12.9. The highest BCUT2D eigenvalue weighted by atomic mass is 32.2. The summed E-state index contributed by atoms with van der Waals surface area (Å²) >= 11 is 0. The first-order valence-corrected chi connectivity index (χ1v) is 8.56. The van der Waals surface area contributed by atoms with E-state index in [1.54, 1.807) is 13.8 Å². The zero-order chi connectivity index (χ0) is 15.6. The summed E-state index contributed by atoms with van der Waals surface area (Å²) in [5.74, 6) is -1.08. The van der Waals surface area contributed by atoms with Crippen LogP contribution in [-0.4, -0.2) is 46.6 Å². The molecule has 1 atom stereocenters. The Hall–Kier alpha value is -1.41. The van der Waals surface area contributed by atoms with Crippen LogP contribution in [-0.2, 0) is 14.8 Å². The highest BCUT2D eigenvalue weighted by Gasteiger charge is 2.38. The summed E-state index contributed by atoms with van der Waals surface area (Å²) in [7, 11) is -3.86. The predicted molar refractivity (Wildman–Crippen MR) is 76.5 cm³/mol. The second-order valence-corrected chi connectivity index (χ2v) is 7.26. The minimum Gasteiger partial charge on any atom is -0.480 e. The van der Waals surface area contributed by atoms with Crippen LogP contribution in [0.1, 0.15) is 43.5 Å². The molecule has 1 aromatic rings. The van der Waals surface area contributed by atoms with E-state index in [0.717, 1.165) is 23.6 Å². The fourth-order valence-electron chi connectivity index (χ4n) is 2.83. The van der Waals surface area contributed by atoms with E-state index >= 15 is 0 Å². The minimum absolute atomic E-state index is 0.106. The lowest BCUT2D eigenvalue weighted by molar-refractivity contribution is -0.141. The van der Waals surface area contributed by atoms with Crippen molar-refractivity contribution < 1.29 is 18.3 Å². The smallest absolute Gasteiger partial charge is 0.322 e. The molecular weight excluding hydrogens is 294 g/mol. The molecule has 0 spiro atoms. The second-order valence-electron chi connectivity index (χ2n) is 5.44. The van der Waals surface area contributed by atoms with Crippen molar-refractivity contribution in [1.82, 2.24) is 14.5 Å². The van der Waals surface area contributed by atoms with Gasteiger partial charge < -0.3 is 5.11 Å². The maximum absolute atomic E-state index is 12.9. The molecule has 2 N–H and O–H groups in total. The number of nitrogens with one attached hydrogen (secondary N) is 1. The molecule has 1 fully saturated rings. The summed E-state index contributed by atoms with van der Waals surface area (Å²) in [5.41, 5.74) is 0.817. The minimum atomic E-state index is -3.86. The van der Waals surface area contributed by atoms with Crippen LogP contribution in [0.25, 0.3) is 0 Å². The third-order valence-electron chi connectivity index (χ3n) is 3.87. The fourth-order valence-corrected chi connectivity index (χ4v) is 4.82. The fraction of sp³-hybridized carbons (Fsp3) is 0.692. The summed E-state index contributed by atoms with van der Waals surface area (Å²) in [4.78, 5) is 11.6. The van der Waals surface area contributed by atoms with Crippen LogP contribution < -0.4 is 0 Å². The van der Waals surface area contributed by atoms with Crippen molar-refractivity contribution >= 4 is 16.0 Å². The quantitative estimate of drug-likeness (QED) is 0.878. The molecular formula is C13H21N3O4S. The molecule has 0 aromatic carbocycles. The number of carboxylic acids is 1. The van der Waals surface area contributed by atoms with Gasteiger partial charge in [0.15, 0.2) is 0 Å². The molecule has 1 aromatic heterocycles. The molecule has 8 heteroatoms. The van der Waals surface area contributed by atoms with Crippen molar-refractivity contribution in [2.45, 2.75) is 56.9 Å². The van der Waals surface area contributed by atoms with Crippen molar-refractivity contribution in [3.63, 3.8) is 0 Å². The standard InChI is InChI=1S/C13H21N3O4S/c1-9-12(10(2)15-14-9)21(19,20)16-8-6-4-3-5-7-11(16)13(17)18/h11H,3-8H2,1-2H3,(H,14,15)(H,17,18). The van der Waals surface area contributed by atoms with Crippen LogP contribution in [0.5, 0.6) is 0 Å². The molecule has 7 nitrogen and oxygen atoms in total. The number of aromatic nitrogens is 2. The lowest BCUT2D eigenvalue weighted by Crippen LogP contribution is -2.46. The normalized spacial score (nSPS) is 21.7. The van der Waals surface area contributed by atoms with E-state index in [1.807, 2.05) is 0 Å². The van der Waals surface area contributed by atoms with Crippen molar-refractivity contribution in [2.75, 3.05) is 6.54 Å². The number of carboxylic acid groups (broad SMARTS) is 1. The van der Waals surface area contributed by atoms with Crippen LogP contribution in [0, 0.1) is 13.8 Å². The highest BCUT2D eigenvalue weighted by molar-refractivity contribution is 7.89. The van der Waals surface area contributed by atoms with Gasteiger partial charge >= 0.3 is 5.97 Å². The number of hydrogen-bond donors (Lipinski definition) is 2. The summed E-state index contributed by atoms with van der Waals surface area (Å²) in [6.07, 6.45) is 3.62. The highest BCUT2D eigenvalue weighted by Crippen LogP contribution is 2.27.